The predicted molar refractivity (Wildman–Crippen MR) is 62.8 cm³/mol. The maximum absolute atomic E-state index is 13.8. The standard InChI is InChI=1S/C11H2F12I/c12-7(9(15,16)17,10(18,19)20)4-1-5(3-6(24)2-4)8(13,14)11(21,22)23/h1-2H. The van der Waals surface area contributed by atoms with E-state index in [1.165, 1.54) is 6.07 Å². The zero-order chi connectivity index (χ0) is 19.4. The number of hydrogen-bond donors (Lipinski definition) is 0. The Morgan fingerprint density at radius 2 is 1.08 bits per heavy atom. The molecule has 0 aromatic heterocycles. The molecule has 0 aliphatic carbocycles. The second kappa shape index (κ2) is 5.83. The molecule has 1 rings (SSSR count). The molecule has 1 aromatic rings. The minimum absolute atomic E-state index is 0.169. The summed E-state index contributed by atoms with van der Waals surface area (Å²) in [5.74, 6) is -5.83. The van der Waals surface area contributed by atoms with Gasteiger partial charge in [0.2, 0.25) is 0 Å². The summed E-state index contributed by atoms with van der Waals surface area (Å²) in [6, 6.07) is 0.265. The smallest absolute Gasteiger partial charge is 0.218 e. The quantitative estimate of drug-likeness (QED) is 0.352. The van der Waals surface area contributed by atoms with Crippen molar-refractivity contribution in [2.24, 2.45) is 0 Å². The summed E-state index contributed by atoms with van der Waals surface area (Å²) in [5, 5.41) is 0. The lowest BCUT2D eigenvalue weighted by atomic mass is 9.91. The molecule has 1 aromatic carbocycles. The van der Waals surface area contributed by atoms with Gasteiger partial charge in [-0.2, -0.15) is 48.3 Å². The third kappa shape index (κ3) is 3.40. The van der Waals surface area contributed by atoms with Crippen molar-refractivity contribution in [3.63, 3.8) is 0 Å². The normalized spacial score (nSPS) is 14.9. The minimum Gasteiger partial charge on any atom is -0.218 e. The lowest BCUT2D eigenvalue weighted by Gasteiger charge is -2.31. The Kier molecular flexibility index (Phi) is 5.14. The summed E-state index contributed by atoms with van der Waals surface area (Å²) < 4.78 is 151. The van der Waals surface area contributed by atoms with Crippen LogP contribution in [0.25, 0.3) is 0 Å². The van der Waals surface area contributed by atoms with Gasteiger partial charge in [-0.25, -0.2) is 4.39 Å². The molecule has 0 heterocycles. The maximum atomic E-state index is 13.8. The van der Waals surface area contributed by atoms with Crippen molar-refractivity contribution in [1.82, 2.24) is 0 Å². The van der Waals surface area contributed by atoms with Crippen LogP contribution in [0.15, 0.2) is 12.1 Å². The second-order valence-corrected chi connectivity index (χ2v) is 5.52. The summed E-state index contributed by atoms with van der Waals surface area (Å²) in [6.45, 7) is 0. The first-order valence-corrected chi connectivity index (χ1v) is 6.44. The van der Waals surface area contributed by atoms with E-state index in [0.717, 1.165) is 22.6 Å². The van der Waals surface area contributed by atoms with Gasteiger partial charge >= 0.3 is 30.1 Å². The highest BCUT2D eigenvalue weighted by atomic mass is 127. The van der Waals surface area contributed by atoms with Crippen LogP contribution < -0.4 is 0 Å². The van der Waals surface area contributed by atoms with Crippen LogP contribution in [0.2, 0.25) is 0 Å². The molecule has 0 nitrogen and oxygen atoms in total. The van der Waals surface area contributed by atoms with Crippen molar-refractivity contribution in [3.05, 3.63) is 32.9 Å². The molecule has 0 unspecified atom stereocenters. The molecule has 137 valence electrons. The van der Waals surface area contributed by atoms with E-state index in [1.807, 2.05) is 0 Å². The highest BCUT2D eigenvalue weighted by Crippen LogP contribution is 2.54. The van der Waals surface area contributed by atoms with Crippen molar-refractivity contribution in [2.75, 3.05) is 0 Å². The highest BCUT2D eigenvalue weighted by Gasteiger charge is 2.74. The van der Waals surface area contributed by atoms with Gasteiger partial charge in [0.15, 0.2) is 0 Å². The average molecular weight is 489 g/mol. The molecule has 0 atom stereocenters. The molecule has 0 saturated carbocycles. The molecular formula is C11H2F12I. The number of hydrogen-bond acceptors (Lipinski definition) is 0. The zero-order valence-electron chi connectivity index (χ0n) is 10.6. The van der Waals surface area contributed by atoms with E-state index < -0.39 is 50.9 Å². The van der Waals surface area contributed by atoms with Gasteiger partial charge in [-0.05, 0) is 34.7 Å². The van der Waals surface area contributed by atoms with Crippen molar-refractivity contribution in [2.45, 2.75) is 30.1 Å². The lowest BCUT2D eigenvalue weighted by molar-refractivity contribution is -0.348. The number of benzene rings is 1. The zero-order valence-corrected chi connectivity index (χ0v) is 12.7. The van der Waals surface area contributed by atoms with Gasteiger partial charge in [-0.3, -0.25) is 0 Å². The number of alkyl halides is 12. The van der Waals surface area contributed by atoms with E-state index >= 15 is 0 Å². The molecule has 1 radical (unpaired) electrons. The van der Waals surface area contributed by atoms with E-state index in [4.69, 9.17) is 0 Å². The molecular weight excluding hydrogens is 487 g/mol. The first kappa shape index (κ1) is 21.2. The van der Waals surface area contributed by atoms with Crippen LogP contribution in [-0.2, 0) is 11.6 Å². The van der Waals surface area contributed by atoms with Crippen molar-refractivity contribution < 1.29 is 52.7 Å². The lowest BCUT2D eigenvalue weighted by Crippen LogP contribution is -2.50. The largest absolute Gasteiger partial charge is 0.458 e. The molecule has 0 fully saturated rings. The maximum Gasteiger partial charge on any atom is 0.458 e. The van der Waals surface area contributed by atoms with Crippen LogP contribution in [0, 0.1) is 9.64 Å². The highest BCUT2D eigenvalue weighted by molar-refractivity contribution is 14.1. The van der Waals surface area contributed by atoms with Gasteiger partial charge in [-0.15, -0.1) is 0 Å². The number of rotatable bonds is 2. The molecule has 0 amide bonds. The first-order valence-electron chi connectivity index (χ1n) is 5.36. The van der Waals surface area contributed by atoms with Crippen molar-refractivity contribution in [3.8, 4) is 0 Å². The van der Waals surface area contributed by atoms with E-state index in [9.17, 15) is 52.7 Å². The van der Waals surface area contributed by atoms with Crippen LogP contribution in [0.1, 0.15) is 11.1 Å². The molecule has 0 bridgehead atoms. The van der Waals surface area contributed by atoms with E-state index in [-0.39, 0.29) is 6.07 Å². The summed E-state index contributed by atoms with van der Waals surface area (Å²) in [5.41, 5.74) is -11.0. The van der Waals surface area contributed by atoms with Crippen LogP contribution in [0.3, 0.4) is 0 Å². The first-order chi connectivity index (χ1) is 10.4. The Balaban J connectivity index is 3.74. The van der Waals surface area contributed by atoms with Crippen molar-refractivity contribution in [1.29, 1.82) is 0 Å². The Labute approximate surface area is 139 Å². The Bertz CT molecular complexity index is 595. The van der Waals surface area contributed by atoms with E-state index in [1.54, 1.807) is 0 Å². The topological polar surface area (TPSA) is 0 Å². The monoisotopic (exact) mass is 489 g/mol. The van der Waals surface area contributed by atoms with Crippen LogP contribution >= 0.6 is 22.6 Å². The number of halogens is 13. The molecule has 24 heavy (non-hydrogen) atoms. The summed E-state index contributed by atoms with van der Waals surface area (Å²) in [6.07, 6.45) is -19.6. The summed E-state index contributed by atoms with van der Waals surface area (Å²) in [4.78, 5) is 0. The predicted octanol–water partition coefficient (Wildman–Crippen LogP) is 6.03. The van der Waals surface area contributed by atoms with Crippen LogP contribution in [0.5, 0.6) is 0 Å². The van der Waals surface area contributed by atoms with Gasteiger partial charge in [0.1, 0.15) is 0 Å². The van der Waals surface area contributed by atoms with Crippen molar-refractivity contribution >= 4 is 22.6 Å². The fraction of sp³-hybridized carbons (Fsp3) is 0.455. The third-order valence-corrected chi connectivity index (χ3v) is 3.29. The van der Waals surface area contributed by atoms with Gasteiger partial charge in [0, 0.05) is 20.8 Å². The van der Waals surface area contributed by atoms with Gasteiger partial charge in [0.05, 0.1) is 0 Å². The fourth-order valence-corrected chi connectivity index (χ4v) is 2.17. The molecule has 0 aliphatic rings. The molecule has 0 N–H and O–H groups in total. The third-order valence-electron chi connectivity index (χ3n) is 2.71. The Hall–Kier alpha value is -0.890. The van der Waals surface area contributed by atoms with E-state index in [2.05, 4.69) is 0 Å². The van der Waals surface area contributed by atoms with Gasteiger partial charge in [-0.1, -0.05) is 0 Å². The second-order valence-electron chi connectivity index (χ2n) is 4.36. The molecule has 13 heteroatoms. The Morgan fingerprint density at radius 3 is 1.42 bits per heavy atom. The van der Waals surface area contributed by atoms with Gasteiger partial charge in [0.25, 0.3) is 0 Å². The summed E-state index contributed by atoms with van der Waals surface area (Å²) in [7, 11) is 0. The average Bonchev–Trinajstić information content (AvgIpc) is 2.32. The van der Waals surface area contributed by atoms with E-state index in [0.29, 0.717) is 0 Å². The SMILES string of the molecule is FC(F)(F)C(F)(F)c1[c]c(I)cc(C(F)(C(F)(F)F)C(F)(F)F)c1. The summed E-state index contributed by atoms with van der Waals surface area (Å²) >= 11 is 0.838. The molecule has 0 spiro atoms. The fourth-order valence-electron chi connectivity index (χ4n) is 1.54. The minimum atomic E-state index is -6.65. The Morgan fingerprint density at radius 1 is 0.667 bits per heavy atom. The van der Waals surface area contributed by atoms with Gasteiger partial charge < -0.3 is 0 Å². The van der Waals surface area contributed by atoms with Crippen LogP contribution in [0.4, 0.5) is 52.7 Å². The van der Waals surface area contributed by atoms with Crippen LogP contribution in [-0.4, -0.2) is 18.5 Å². The molecule has 0 aliphatic heterocycles. The molecule has 0 saturated heterocycles.